The molecule has 0 fully saturated rings. The van der Waals surface area contributed by atoms with Crippen molar-refractivity contribution in [3.05, 3.63) is 29.6 Å². The van der Waals surface area contributed by atoms with Crippen LogP contribution in [0.25, 0.3) is 0 Å². The smallest absolute Gasteiger partial charge is 0.0623 e. The maximum Gasteiger partial charge on any atom is 0.0623 e. The van der Waals surface area contributed by atoms with Gasteiger partial charge in [-0.05, 0) is 57.7 Å². The number of hydrogen-bond acceptors (Lipinski definition) is 3. The topological polar surface area (TPSA) is 34.1 Å². The first-order valence-corrected chi connectivity index (χ1v) is 7.76. The molecule has 0 radical (unpaired) electrons. The molecule has 1 rings (SSSR count). The monoisotopic (exact) mass is 278 g/mol. The average Bonchev–Trinajstić information content (AvgIpc) is 2.47. The summed E-state index contributed by atoms with van der Waals surface area (Å²) in [5.74, 6) is 0. The number of aryl methyl sites for hydroxylation is 1. The molecule has 1 heterocycles. The molecule has 114 valence electrons. The molecule has 0 aliphatic heterocycles. The van der Waals surface area contributed by atoms with Crippen molar-refractivity contribution in [2.75, 3.05) is 13.7 Å². The Morgan fingerprint density at radius 2 is 2.10 bits per heavy atom. The van der Waals surface area contributed by atoms with Gasteiger partial charge >= 0.3 is 0 Å². The number of methoxy groups -OCH3 is 1. The lowest BCUT2D eigenvalue weighted by Crippen LogP contribution is -2.29. The summed E-state index contributed by atoms with van der Waals surface area (Å²) in [5, 5.41) is 3.64. The van der Waals surface area contributed by atoms with Crippen LogP contribution in [0.4, 0.5) is 0 Å². The molecule has 1 aromatic heterocycles. The second-order valence-corrected chi connectivity index (χ2v) is 5.91. The highest BCUT2D eigenvalue weighted by Crippen LogP contribution is 2.25. The first-order chi connectivity index (χ1) is 9.54. The molecule has 20 heavy (non-hydrogen) atoms. The molecule has 3 heteroatoms. The van der Waals surface area contributed by atoms with Crippen LogP contribution >= 0.6 is 0 Å². The van der Waals surface area contributed by atoms with Crippen molar-refractivity contribution >= 4 is 0 Å². The van der Waals surface area contributed by atoms with E-state index in [1.807, 2.05) is 12.3 Å². The second-order valence-electron chi connectivity index (χ2n) is 5.91. The van der Waals surface area contributed by atoms with Crippen LogP contribution in [0.3, 0.4) is 0 Å². The predicted octanol–water partition coefficient (Wildman–Crippen LogP) is 3.89. The first kappa shape index (κ1) is 17.1. The van der Waals surface area contributed by atoms with E-state index >= 15 is 0 Å². The summed E-state index contributed by atoms with van der Waals surface area (Å²) in [6.07, 6.45) is 6.13. The van der Waals surface area contributed by atoms with Crippen LogP contribution in [0.15, 0.2) is 18.3 Å². The Balaban J connectivity index is 2.82. The predicted molar refractivity (Wildman–Crippen MR) is 85.0 cm³/mol. The van der Waals surface area contributed by atoms with Gasteiger partial charge in [0, 0.05) is 19.3 Å². The van der Waals surface area contributed by atoms with Gasteiger partial charge in [0.2, 0.25) is 0 Å². The lowest BCUT2D eigenvalue weighted by molar-refractivity contribution is 0.0115. The molecule has 1 aromatic rings. The number of hydrogen-bond donors (Lipinski definition) is 1. The molecule has 1 atom stereocenters. The van der Waals surface area contributed by atoms with Crippen LogP contribution in [0, 0.1) is 0 Å². The Kier molecular flexibility index (Phi) is 7.17. The largest absolute Gasteiger partial charge is 0.379 e. The van der Waals surface area contributed by atoms with Crippen molar-refractivity contribution in [2.24, 2.45) is 0 Å². The maximum absolute atomic E-state index is 5.54. The third kappa shape index (κ3) is 5.22. The van der Waals surface area contributed by atoms with Crippen molar-refractivity contribution in [3.63, 3.8) is 0 Å². The van der Waals surface area contributed by atoms with Crippen molar-refractivity contribution in [1.29, 1.82) is 0 Å². The minimum atomic E-state index is -0.0761. The molecule has 3 nitrogen and oxygen atoms in total. The molecule has 0 aliphatic rings. The van der Waals surface area contributed by atoms with Gasteiger partial charge in [0.15, 0.2) is 0 Å². The first-order valence-electron chi connectivity index (χ1n) is 7.76. The third-order valence-corrected chi connectivity index (χ3v) is 3.87. The van der Waals surface area contributed by atoms with Gasteiger partial charge in [-0.1, -0.05) is 19.9 Å². The minimum Gasteiger partial charge on any atom is -0.379 e. The Bertz CT molecular complexity index is 390. The SMILES string of the molecule is CCCNC(CCC(C)(C)OC)c1ncccc1CC. The van der Waals surface area contributed by atoms with E-state index in [2.05, 4.69) is 44.1 Å². The van der Waals surface area contributed by atoms with Crippen LogP contribution in [0.1, 0.15) is 64.3 Å². The van der Waals surface area contributed by atoms with Gasteiger partial charge in [0.1, 0.15) is 0 Å². The Labute approximate surface area is 124 Å². The highest BCUT2D eigenvalue weighted by molar-refractivity contribution is 5.23. The van der Waals surface area contributed by atoms with Gasteiger partial charge in [-0.2, -0.15) is 0 Å². The van der Waals surface area contributed by atoms with Crippen LogP contribution < -0.4 is 5.32 Å². The van der Waals surface area contributed by atoms with Gasteiger partial charge < -0.3 is 10.1 Å². The van der Waals surface area contributed by atoms with Crippen LogP contribution in [-0.4, -0.2) is 24.2 Å². The van der Waals surface area contributed by atoms with E-state index < -0.39 is 0 Å². The molecule has 0 saturated heterocycles. The summed E-state index contributed by atoms with van der Waals surface area (Å²) in [6.45, 7) is 9.70. The Hall–Kier alpha value is -0.930. The van der Waals surface area contributed by atoms with E-state index in [1.165, 1.54) is 11.3 Å². The molecule has 0 aromatic carbocycles. The zero-order chi connectivity index (χ0) is 15.0. The molecule has 0 saturated carbocycles. The third-order valence-electron chi connectivity index (χ3n) is 3.87. The second kappa shape index (κ2) is 8.38. The number of pyridine rings is 1. The fraction of sp³-hybridized carbons (Fsp3) is 0.706. The van der Waals surface area contributed by atoms with Crippen LogP contribution in [-0.2, 0) is 11.2 Å². The van der Waals surface area contributed by atoms with E-state index in [0.29, 0.717) is 6.04 Å². The van der Waals surface area contributed by atoms with E-state index in [9.17, 15) is 0 Å². The van der Waals surface area contributed by atoms with Crippen LogP contribution in [0.2, 0.25) is 0 Å². The van der Waals surface area contributed by atoms with E-state index in [4.69, 9.17) is 4.74 Å². The Morgan fingerprint density at radius 3 is 2.70 bits per heavy atom. The zero-order valence-electron chi connectivity index (χ0n) is 13.7. The molecular weight excluding hydrogens is 248 g/mol. The highest BCUT2D eigenvalue weighted by Gasteiger charge is 2.21. The lowest BCUT2D eigenvalue weighted by atomic mass is 9.94. The van der Waals surface area contributed by atoms with Gasteiger partial charge in [-0.3, -0.25) is 4.98 Å². The summed E-state index contributed by atoms with van der Waals surface area (Å²) in [6, 6.07) is 4.53. The van der Waals surface area contributed by atoms with Crippen LogP contribution in [0.5, 0.6) is 0 Å². The van der Waals surface area contributed by atoms with Gasteiger partial charge in [0.05, 0.1) is 11.3 Å². The number of aromatic nitrogens is 1. The van der Waals surface area contributed by atoms with Crippen molar-refractivity contribution in [3.8, 4) is 0 Å². The number of nitrogens with zero attached hydrogens (tertiary/aromatic N) is 1. The molecule has 1 N–H and O–H groups in total. The number of nitrogens with one attached hydrogen (secondary N) is 1. The zero-order valence-corrected chi connectivity index (χ0v) is 13.7. The summed E-state index contributed by atoms with van der Waals surface area (Å²) in [5.41, 5.74) is 2.47. The molecule has 0 bridgehead atoms. The molecule has 0 amide bonds. The van der Waals surface area contributed by atoms with Crippen molar-refractivity contribution < 1.29 is 4.74 Å². The number of ether oxygens (including phenoxy) is 1. The van der Waals surface area contributed by atoms with Gasteiger partial charge in [0.25, 0.3) is 0 Å². The normalized spacial score (nSPS) is 13.4. The fourth-order valence-corrected chi connectivity index (χ4v) is 2.31. The van der Waals surface area contributed by atoms with Crippen molar-refractivity contribution in [2.45, 2.75) is 65.0 Å². The fourth-order valence-electron chi connectivity index (χ4n) is 2.31. The Morgan fingerprint density at radius 1 is 1.35 bits per heavy atom. The quantitative estimate of drug-likeness (QED) is 0.744. The summed E-state index contributed by atoms with van der Waals surface area (Å²) in [4.78, 5) is 4.63. The van der Waals surface area contributed by atoms with Crippen molar-refractivity contribution in [1.82, 2.24) is 10.3 Å². The van der Waals surface area contributed by atoms with E-state index in [-0.39, 0.29) is 5.60 Å². The van der Waals surface area contributed by atoms with E-state index in [0.717, 1.165) is 32.2 Å². The van der Waals surface area contributed by atoms with E-state index in [1.54, 1.807) is 7.11 Å². The van der Waals surface area contributed by atoms with Gasteiger partial charge in [-0.15, -0.1) is 0 Å². The molecular formula is C17H30N2O. The summed E-state index contributed by atoms with van der Waals surface area (Å²) < 4.78 is 5.54. The molecule has 0 spiro atoms. The highest BCUT2D eigenvalue weighted by atomic mass is 16.5. The maximum atomic E-state index is 5.54. The van der Waals surface area contributed by atoms with Gasteiger partial charge in [-0.25, -0.2) is 0 Å². The molecule has 0 aliphatic carbocycles. The number of rotatable bonds is 9. The summed E-state index contributed by atoms with van der Waals surface area (Å²) >= 11 is 0. The minimum absolute atomic E-state index is 0.0761. The standard InChI is InChI=1S/C17H30N2O/c1-6-12-18-15(10-11-17(3,4)20-5)16-14(7-2)9-8-13-19-16/h8-9,13,15,18H,6-7,10-12H2,1-5H3. The average molecular weight is 278 g/mol. The summed E-state index contributed by atoms with van der Waals surface area (Å²) in [7, 11) is 1.78. The molecule has 1 unspecified atom stereocenters. The lowest BCUT2D eigenvalue weighted by Gasteiger charge is -2.27.